The van der Waals surface area contributed by atoms with Crippen molar-refractivity contribution in [3.8, 4) is 0 Å². The van der Waals surface area contributed by atoms with Crippen molar-refractivity contribution in [1.29, 1.82) is 0 Å². The number of carboxylic acid groups (broad SMARTS) is 1. The molecule has 0 bridgehead atoms. The molecule has 0 saturated heterocycles. The van der Waals surface area contributed by atoms with Crippen LogP contribution in [0, 0.1) is 19.8 Å². The molecule has 4 nitrogen and oxygen atoms in total. The summed E-state index contributed by atoms with van der Waals surface area (Å²) in [4.78, 5) is 16.9. The Bertz CT molecular complexity index is 1260. The van der Waals surface area contributed by atoms with Gasteiger partial charge in [-0.3, -0.25) is 9.20 Å². The summed E-state index contributed by atoms with van der Waals surface area (Å²) < 4.78 is 2.24. The van der Waals surface area contributed by atoms with Gasteiger partial charge in [-0.25, -0.2) is 4.98 Å². The molecule has 1 saturated carbocycles. The van der Waals surface area contributed by atoms with Crippen molar-refractivity contribution in [2.75, 3.05) is 0 Å². The second-order valence-corrected chi connectivity index (χ2v) is 8.97. The van der Waals surface area contributed by atoms with Crippen LogP contribution in [-0.2, 0) is 11.2 Å². The number of aryl methyl sites for hydroxylation is 2. The fourth-order valence-corrected chi connectivity index (χ4v) is 5.46. The normalized spacial score (nSPS) is 15.7. The van der Waals surface area contributed by atoms with Gasteiger partial charge in [-0.2, -0.15) is 0 Å². The zero-order valence-corrected chi connectivity index (χ0v) is 18.1. The minimum absolute atomic E-state index is 0.262. The Morgan fingerprint density at radius 1 is 1.10 bits per heavy atom. The molecule has 1 aliphatic rings. The molecule has 2 aromatic heterocycles. The Hall–Kier alpha value is -3.14. The number of hydrogen-bond donors (Lipinski definition) is 1. The number of carbonyl (C=O) groups is 1. The van der Waals surface area contributed by atoms with Gasteiger partial charge in [0.1, 0.15) is 5.65 Å². The fraction of sp³-hybridized carbons (Fsp3) is 0.333. The molecule has 4 aromatic rings. The smallest absolute Gasteiger partial charge is 0.311 e. The maximum absolute atomic E-state index is 12.0. The van der Waals surface area contributed by atoms with Crippen LogP contribution >= 0.6 is 0 Å². The summed E-state index contributed by atoms with van der Waals surface area (Å²) in [5, 5.41) is 11.1. The van der Waals surface area contributed by atoms with Crippen molar-refractivity contribution in [2.24, 2.45) is 5.92 Å². The van der Waals surface area contributed by atoms with Crippen LogP contribution < -0.4 is 0 Å². The minimum Gasteiger partial charge on any atom is -0.481 e. The molecular formula is C27H28N2O2. The van der Waals surface area contributed by atoms with Gasteiger partial charge >= 0.3 is 5.97 Å². The van der Waals surface area contributed by atoms with E-state index in [1.165, 1.54) is 27.7 Å². The second kappa shape index (κ2) is 7.84. The van der Waals surface area contributed by atoms with Crippen molar-refractivity contribution in [2.45, 2.75) is 51.9 Å². The summed E-state index contributed by atoms with van der Waals surface area (Å²) in [7, 11) is 0. The molecule has 1 atom stereocenters. The van der Waals surface area contributed by atoms with E-state index in [0.29, 0.717) is 0 Å². The molecular weight excluding hydrogens is 384 g/mol. The highest BCUT2D eigenvalue weighted by atomic mass is 16.4. The number of aromatic nitrogens is 2. The quantitative estimate of drug-likeness (QED) is 0.434. The van der Waals surface area contributed by atoms with E-state index in [-0.39, 0.29) is 11.8 Å². The lowest BCUT2D eigenvalue weighted by Crippen LogP contribution is -2.19. The van der Waals surface area contributed by atoms with Crippen molar-refractivity contribution in [3.05, 3.63) is 82.7 Å². The lowest BCUT2D eigenvalue weighted by molar-refractivity contribution is -0.140. The van der Waals surface area contributed by atoms with Gasteiger partial charge in [0.25, 0.3) is 0 Å². The first-order valence-electron chi connectivity index (χ1n) is 11.2. The topological polar surface area (TPSA) is 54.6 Å². The average molecular weight is 413 g/mol. The monoisotopic (exact) mass is 412 g/mol. The van der Waals surface area contributed by atoms with E-state index in [1.54, 1.807) is 0 Å². The highest BCUT2D eigenvalue weighted by Crippen LogP contribution is 2.38. The molecule has 31 heavy (non-hydrogen) atoms. The summed E-state index contributed by atoms with van der Waals surface area (Å²) >= 11 is 0. The van der Waals surface area contributed by atoms with E-state index in [2.05, 4.69) is 53.8 Å². The van der Waals surface area contributed by atoms with Crippen molar-refractivity contribution in [3.63, 3.8) is 0 Å². The van der Waals surface area contributed by atoms with E-state index >= 15 is 0 Å². The number of hydrogen-bond acceptors (Lipinski definition) is 2. The van der Waals surface area contributed by atoms with Crippen LogP contribution in [0.5, 0.6) is 0 Å². The van der Waals surface area contributed by atoms with E-state index in [0.717, 1.165) is 49.0 Å². The molecule has 1 aliphatic carbocycles. The molecule has 0 aliphatic heterocycles. The number of para-hydroxylation sites is 1. The Labute approximate surface area is 182 Å². The third-order valence-corrected chi connectivity index (χ3v) is 6.86. The maximum atomic E-state index is 12.0. The van der Waals surface area contributed by atoms with Crippen LogP contribution in [-0.4, -0.2) is 20.5 Å². The third kappa shape index (κ3) is 3.50. The van der Waals surface area contributed by atoms with Crippen LogP contribution in [0.25, 0.3) is 16.6 Å². The fourth-order valence-electron chi connectivity index (χ4n) is 5.46. The summed E-state index contributed by atoms with van der Waals surface area (Å²) in [5.41, 5.74) is 7.73. The summed E-state index contributed by atoms with van der Waals surface area (Å²) in [6.45, 7) is 4.17. The maximum Gasteiger partial charge on any atom is 0.311 e. The highest BCUT2D eigenvalue weighted by Gasteiger charge is 2.31. The van der Waals surface area contributed by atoms with Crippen LogP contribution in [0.2, 0.25) is 0 Å². The molecule has 4 heteroatoms. The number of benzene rings is 2. The molecule has 2 heterocycles. The molecule has 158 valence electrons. The number of nitrogens with zero attached hydrogens (tertiary/aromatic N) is 2. The SMILES string of the molecule is Cc1cc(C)n2c(n1)c(Cc1ccc(C(C(=O)O)C3CCCC3)cc1)c1ccccc12. The van der Waals surface area contributed by atoms with Gasteiger partial charge in [-0.15, -0.1) is 0 Å². The van der Waals surface area contributed by atoms with Crippen LogP contribution in [0.15, 0.2) is 54.6 Å². The molecule has 2 aromatic carbocycles. The van der Waals surface area contributed by atoms with Gasteiger partial charge in [0.2, 0.25) is 0 Å². The number of aliphatic carboxylic acids is 1. The van der Waals surface area contributed by atoms with Gasteiger partial charge in [0.15, 0.2) is 0 Å². The average Bonchev–Trinajstić information content (AvgIpc) is 3.36. The lowest BCUT2D eigenvalue weighted by Gasteiger charge is -2.19. The van der Waals surface area contributed by atoms with Crippen molar-refractivity contribution < 1.29 is 9.90 Å². The van der Waals surface area contributed by atoms with Gasteiger partial charge in [0.05, 0.1) is 11.4 Å². The number of rotatable bonds is 5. The molecule has 1 unspecified atom stereocenters. The number of carboxylic acids is 1. The van der Waals surface area contributed by atoms with Gasteiger partial charge < -0.3 is 5.11 Å². The zero-order valence-electron chi connectivity index (χ0n) is 18.1. The lowest BCUT2D eigenvalue weighted by atomic mass is 9.84. The van der Waals surface area contributed by atoms with Crippen molar-refractivity contribution >= 4 is 22.5 Å². The predicted octanol–water partition coefficient (Wildman–Crippen LogP) is 6.05. The largest absolute Gasteiger partial charge is 0.481 e. The van der Waals surface area contributed by atoms with E-state index < -0.39 is 5.97 Å². The zero-order chi connectivity index (χ0) is 21.5. The first-order valence-corrected chi connectivity index (χ1v) is 11.2. The standard InChI is InChI=1S/C27H28N2O2/c1-17-15-18(2)29-24-10-6-5-9-22(24)23(26(29)28-17)16-19-11-13-21(14-12-19)25(27(30)31)20-7-3-4-8-20/h5-6,9-15,20,25H,3-4,7-8,16H2,1-2H3,(H,30,31). The Morgan fingerprint density at radius 2 is 1.81 bits per heavy atom. The molecule has 1 fully saturated rings. The minimum atomic E-state index is -0.695. The number of fused-ring (bicyclic) bond motifs is 3. The summed E-state index contributed by atoms with van der Waals surface area (Å²) in [6, 6.07) is 18.8. The first kappa shape index (κ1) is 19.8. The second-order valence-electron chi connectivity index (χ2n) is 8.97. The van der Waals surface area contributed by atoms with E-state index in [9.17, 15) is 9.90 Å². The molecule has 0 radical (unpaired) electrons. The first-order chi connectivity index (χ1) is 15.0. The third-order valence-electron chi connectivity index (χ3n) is 6.86. The Morgan fingerprint density at radius 3 is 2.52 bits per heavy atom. The Balaban J connectivity index is 1.53. The van der Waals surface area contributed by atoms with Crippen molar-refractivity contribution in [1.82, 2.24) is 9.38 Å². The Kier molecular flexibility index (Phi) is 5.01. The van der Waals surface area contributed by atoms with Crippen LogP contribution in [0.4, 0.5) is 0 Å². The molecule has 0 spiro atoms. The molecule has 1 N–H and O–H groups in total. The highest BCUT2D eigenvalue weighted by molar-refractivity contribution is 5.91. The van der Waals surface area contributed by atoms with Crippen LogP contribution in [0.1, 0.15) is 59.7 Å². The van der Waals surface area contributed by atoms with Crippen LogP contribution in [0.3, 0.4) is 0 Å². The van der Waals surface area contributed by atoms with Gasteiger partial charge in [-0.05, 0) is 55.9 Å². The van der Waals surface area contributed by atoms with Gasteiger partial charge in [0, 0.05) is 28.8 Å². The summed E-state index contributed by atoms with van der Waals surface area (Å²) in [5.74, 6) is -0.822. The molecule has 0 amide bonds. The van der Waals surface area contributed by atoms with Gasteiger partial charge in [-0.1, -0.05) is 55.3 Å². The molecule has 5 rings (SSSR count). The van der Waals surface area contributed by atoms with E-state index in [1.807, 2.05) is 19.1 Å². The predicted molar refractivity (Wildman–Crippen MR) is 124 cm³/mol. The van der Waals surface area contributed by atoms with E-state index in [4.69, 9.17) is 4.98 Å². The summed E-state index contributed by atoms with van der Waals surface area (Å²) in [6.07, 6.45) is 5.10.